The lowest BCUT2D eigenvalue weighted by atomic mass is 10.1. The molecule has 0 radical (unpaired) electrons. The number of anilines is 1. The molecule has 3 heterocycles. The zero-order valence-corrected chi connectivity index (χ0v) is 13.9. The summed E-state index contributed by atoms with van der Waals surface area (Å²) in [6.45, 7) is 3.79. The number of halogens is 1. The molecule has 0 atom stereocenters. The van der Waals surface area contributed by atoms with Crippen molar-refractivity contribution in [1.82, 2.24) is 9.38 Å². The SMILES string of the molecule is CC(=O)c1ccc2c(c1)CCN2C(=O)c1c(C)nc2ccc(F)cn12. The minimum Gasteiger partial charge on any atom is -0.306 e. The van der Waals surface area contributed by atoms with Crippen molar-refractivity contribution in [1.29, 1.82) is 0 Å². The predicted molar refractivity (Wildman–Crippen MR) is 91.7 cm³/mol. The molecule has 0 saturated heterocycles. The van der Waals surface area contributed by atoms with Crippen LogP contribution in [0, 0.1) is 12.7 Å². The van der Waals surface area contributed by atoms with Gasteiger partial charge in [-0.1, -0.05) is 0 Å². The molecule has 126 valence electrons. The predicted octanol–water partition coefficient (Wildman–Crippen LogP) is 3.19. The highest BCUT2D eigenvalue weighted by molar-refractivity contribution is 6.08. The number of aryl methyl sites for hydroxylation is 1. The fourth-order valence-electron chi connectivity index (χ4n) is 3.35. The summed E-state index contributed by atoms with van der Waals surface area (Å²) in [7, 11) is 0. The van der Waals surface area contributed by atoms with Crippen LogP contribution in [0.1, 0.15) is 39.0 Å². The third-order valence-corrected chi connectivity index (χ3v) is 4.59. The van der Waals surface area contributed by atoms with Gasteiger partial charge >= 0.3 is 0 Å². The Balaban J connectivity index is 1.78. The van der Waals surface area contributed by atoms with Crippen LogP contribution in [0.4, 0.5) is 10.1 Å². The molecule has 2 aromatic heterocycles. The molecule has 0 bridgehead atoms. The van der Waals surface area contributed by atoms with E-state index in [0.29, 0.717) is 35.6 Å². The van der Waals surface area contributed by atoms with Gasteiger partial charge in [0.1, 0.15) is 17.2 Å². The zero-order valence-electron chi connectivity index (χ0n) is 13.9. The second-order valence-electron chi connectivity index (χ2n) is 6.23. The largest absolute Gasteiger partial charge is 0.306 e. The molecule has 0 unspecified atom stereocenters. The Hall–Kier alpha value is -3.02. The molecule has 1 aliphatic rings. The number of pyridine rings is 1. The molecule has 1 aliphatic heterocycles. The van der Waals surface area contributed by atoms with Gasteiger partial charge in [0.2, 0.25) is 0 Å². The van der Waals surface area contributed by atoms with Gasteiger partial charge in [-0.3, -0.25) is 14.0 Å². The van der Waals surface area contributed by atoms with E-state index in [1.54, 1.807) is 30.0 Å². The molecular weight excluding hydrogens is 321 g/mol. The van der Waals surface area contributed by atoms with E-state index in [4.69, 9.17) is 0 Å². The number of hydrogen-bond donors (Lipinski definition) is 0. The fraction of sp³-hybridized carbons (Fsp3) is 0.211. The summed E-state index contributed by atoms with van der Waals surface area (Å²) in [5.74, 6) is -0.641. The molecule has 6 heteroatoms. The first kappa shape index (κ1) is 15.5. The third-order valence-electron chi connectivity index (χ3n) is 4.59. The highest BCUT2D eigenvalue weighted by Gasteiger charge is 2.29. The quantitative estimate of drug-likeness (QED) is 0.675. The lowest BCUT2D eigenvalue weighted by Crippen LogP contribution is -2.30. The molecule has 3 aromatic rings. The van der Waals surface area contributed by atoms with Crippen molar-refractivity contribution in [3.8, 4) is 0 Å². The molecule has 0 saturated carbocycles. The van der Waals surface area contributed by atoms with E-state index in [0.717, 1.165) is 11.3 Å². The monoisotopic (exact) mass is 337 g/mol. The van der Waals surface area contributed by atoms with Gasteiger partial charge in [0.15, 0.2) is 5.78 Å². The molecule has 0 N–H and O–H groups in total. The first-order valence-electron chi connectivity index (χ1n) is 8.05. The summed E-state index contributed by atoms with van der Waals surface area (Å²) in [6, 6.07) is 8.25. The minimum atomic E-state index is -0.424. The molecule has 0 aliphatic carbocycles. The topological polar surface area (TPSA) is 54.7 Å². The summed E-state index contributed by atoms with van der Waals surface area (Å²) >= 11 is 0. The van der Waals surface area contributed by atoms with Crippen LogP contribution in [0.3, 0.4) is 0 Å². The maximum atomic E-state index is 13.6. The summed E-state index contributed by atoms with van der Waals surface area (Å²) in [5, 5.41) is 0. The highest BCUT2D eigenvalue weighted by atomic mass is 19.1. The lowest BCUT2D eigenvalue weighted by molar-refractivity contribution is 0.0981. The Morgan fingerprint density at radius 1 is 1.20 bits per heavy atom. The van der Waals surface area contributed by atoms with Crippen LogP contribution in [0.15, 0.2) is 36.5 Å². The van der Waals surface area contributed by atoms with Crippen molar-refractivity contribution < 1.29 is 14.0 Å². The fourth-order valence-corrected chi connectivity index (χ4v) is 3.35. The van der Waals surface area contributed by atoms with Crippen LogP contribution in [0.2, 0.25) is 0 Å². The first-order chi connectivity index (χ1) is 12.0. The van der Waals surface area contributed by atoms with Gasteiger partial charge in [-0.2, -0.15) is 0 Å². The maximum absolute atomic E-state index is 13.6. The summed E-state index contributed by atoms with van der Waals surface area (Å²) < 4.78 is 15.1. The second-order valence-corrected chi connectivity index (χ2v) is 6.23. The number of hydrogen-bond acceptors (Lipinski definition) is 3. The van der Waals surface area contributed by atoms with Crippen molar-refractivity contribution in [2.75, 3.05) is 11.4 Å². The van der Waals surface area contributed by atoms with Crippen LogP contribution >= 0.6 is 0 Å². The summed E-state index contributed by atoms with van der Waals surface area (Å²) in [5.41, 5.74) is 3.86. The average Bonchev–Trinajstić information content (AvgIpc) is 3.13. The minimum absolute atomic E-state index is 0.000630. The summed E-state index contributed by atoms with van der Waals surface area (Å²) in [4.78, 5) is 30.7. The number of rotatable bonds is 2. The number of Topliss-reactive ketones (excluding diaryl/α,β-unsaturated/α-hetero) is 1. The highest BCUT2D eigenvalue weighted by Crippen LogP contribution is 2.31. The van der Waals surface area contributed by atoms with E-state index >= 15 is 0 Å². The smallest absolute Gasteiger partial charge is 0.277 e. The molecular formula is C19H16FN3O2. The van der Waals surface area contributed by atoms with Crippen LogP contribution in [-0.2, 0) is 6.42 Å². The van der Waals surface area contributed by atoms with E-state index < -0.39 is 5.82 Å². The van der Waals surface area contributed by atoms with E-state index in [9.17, 15) is 14.0 Å². The van der Waals surface area contributed by atoms with Gasteiger partial charge in [0.25, 0.3) is 5.91 Å². The molecule has 5 nitrogen and oxygen atoms in total. The molecule has 4 rings (SSSR count). The molecule has 0 fully saturated rings. The Bertz CT molecular complexity index is 1040. The van der Waals surface area contributed by atoms with E-state index in [-0.39, 0.29) is 11.7 Å². The third kappa shape index (κ3) is 2.41. The number of benzene rings is 1. The molecule has 25 heavy (non-hydrogen) atoms. The number of nitrogens with zero attached hydrogens (tertiary/aromatic N) is 3. The second kappa shape index (κ2) is 5.51. The number of aromatic nitrogens is 2. The van der Waals surface area contributed by atoms with Crippen molar-refractivity contribution in [3.63, 3.8) is 0 Å². The van der Waals surface area contributed by atoms with Crippen LogP contribution in [0.5, 0.6) is 0 Å². The normalized spacial score (nSPS) is 13.3. The van der Waals surface area contributed by atoms with Gasteiger partial charge in [-0.25, -0.2) is 9.37 Å². The number of ketones is 1. The van der Waals surface area contributed by atoms with Crippen molar-refractivity contribution in [2.45, 2.75) is 20.3 Å². The molecule has 0 spiro atoms. The first-order valence-corrected chi connectivity index (χ1v) is 8.05. The van der Waals surface area contributed by atoms with Gasteiger partial charge in [-0.15, -0.1) is 0 Å². The van der Waals surface area contributed by atoms with Crippen LogP contribution in [0.25, 0.3) is 5.65 Å². The number of carbonyl (C=O) groups is 2. The Kier molecular flexibility index (Phi) is 3.42. The number of amides is 1. The Morgan fingerprint density at radius 3 is 2.76 bits per heavy atom. The maximum Gasteiger partial charge on any atom is 0.277 e. The van der Waals surface area contributed by atoms with Crippen molar-refractivity contribution in [2.24, 2.45) is 0 Å². The number of imidazole rings is 1. The van der Waals surface area contributed by atoms with Gasteiger partial charge < -0.3 is 4.90 Å². The standard InChI is InChI=1S/C19H16FN3O2/c1-11-18(23-10-15(20)4-6-17(23)21-11)19(25)22-8-7-14-9-13(12(2)24)3-5-16(14)22/h3-6,9-10H,7-8H2,1-2H3. The molecule has 1 amide bonds. The zero-order chi connectivity index (χ0) is 17.7. The lowest BCUT2D eigenvalue weighted by Gasteiger charge is -2.17. The Morgan fingerprint density at radius 2 is 2.00 bits per heavy atom. The molecule has 1 aromatic carbocycles. The van der Waals surface area contributed by atoms with Gasteiger partial charge in [-0.05, 0) is 56.2 Å². The van der Waals surface area contributed by atoms with E-state index in [1.807, 2.05) is 6.07 Å². The number of carbonyl (C=O) groups excluding carboxylic acids is 2. The Labute approximate surface area is 143 Å². The van der Waals surface area contributed by atoms with E-state index in [1.165, 1.54) is 23.6 Å². The summed E-state index contributed by atoms with van der Waals surface area (Å²) in [6.07, 6.45) is 1.96. The van der Waals surface area contributed by atoms with Crippen LogP contribution < -0.4 is 4.90 Å². The van der Waals surface area contributed by atoms with E-state index in [2.05, 4.69) is 4.98 Å². The van der Waals surface area contributed by atoms with Crippen LogP contribution in [-0.4, -0.2) is 27.6 Å². The van der Waals surface area contributed by atoms with Gasteiger partial charge in [0.05, 0.1) is 5.69 Å². The number of fused-ring (bicyclic) bond motifs is 2. The van der Waals surface area contributed by atoms with Crippen molar-refractivity contribution >= 4 is 23.0 Å². The van der Waals surface area contributed by atoms with Gasteiger partial charge in [0, 0.05) is 24.0 Å². The average molecular weight is 337 g/mol. The van der Waals surface area contributed by atoms with Crippen molar-refractivity contribution in [3.05, 3.63) is 64.9 Å².